The number of anilines is 3. The van der Waals surface area contributed by atoms with Gasteiger partial charge >= 0.3 is 6.18 Å². The molecule has 182 valence electrons. The predicted octanol–water partition coefficient (Wildman–Crippen LogP) is 1.16. The Morgan fingerprint density at radius 3 is 2.74 bits per heavy atom. The Bertz CT molecular complexity index is 1140. The first-order valence-corrected chi connectivity index (χ1v) is 11.0. The third kappa shape index (κ3) is 4.32. The van der Waals surface area contributed by atoms with E-state index in [0.29, 0.717) is 25.1 Å². The molecule has 2 aromatic rings. The van der Waals surface area contributed by atoms with E-state index in [2.05, 4.69) is 25.5 Å². The van der Waals surface area contributed by atoms with Crippen molar-refractivity contribution in [3.8, 4) is 0 Å². The van der Waals surface area contributed by atoms with E-state index in [-0.39, 0.29) is 36.4 Å². The van der Waals surface area contributed by atoms with E-state index in [0.717, 1.165) is 11.4 Å². The number of pyridine rings is 1. The second kappa shape index (κ2) is 8.55. The number of nitrogens with zero attached hydrogens (tertiary/aromatic N) is 5. The average molecular weight is 479 g/mol. The van der Waals surface area contributed by atoms with Gasteiger partial charge in [-0.15, -0.1) is 0 Å². The topological polar surface area (TPSA) is 104 Å². The van der Waals surface area contributed by atoms with Crippen molar-refractivity contribution in [3.05, 3.63) is 40.3 Å². The lowest BCUT2D eigenvalue weighted by molar-refractivity contribution is -0.152. The largest absolute Gasteiger partial charge is 0.408 e. The molecule has 3 aliphatic heterocycles. The molecule has 5 rings (SSSR count). The van der Waals surface area contributed by atoms with Gasteiger partial charge in [-0.05, 0) is 18.6 Å². The van der Waals surface area contributed by atoms with Crippen LogP contribution in [0.4, 0.5) is 30.8 Å². The molecular formula is C21H24F3N7O3. The summed E-state index contributed by atoms with van der Waals surface area (Å²) in [7, 11) is 1.66. The van der Waals surface area contributed by atoms with E-state index in [9.17, 15) is 22.8 Å². The molecule has 13 heteroatoms. The number of carbonyl (C=O) groups is 1. The first kappa shape index (κ1) is 22.6. The minimum absolute atomic E-state index is 0.0747. The van der Waals surface area contributed by atoms with Crippen LogP contribution in [0, 0.1) is 0 Å². The van der Waals surface area contributed by atoms with Crippen LogP contribution in [0.25, 0.3) is 0 Å². The molecule has 0 aliphatic carbocycles. The number of ketones is 1. The fourth-order valence-corrected chi connectivity index (χ4v) is 4.43. The highest BCUT2D eigenvalue weighted by Gasteiger charge is 2.48. The van der Waals surface area contributed by atoms with Gasteiger partial charge in [-0.25, -0.2) is 4.98 Å². The zero-order valence-electron chi connectivity index (χ0n) is 18.4. The number of ether oxygens (including phenoxy) is 1. The molecule has 3 aliphatic rings. The van der Waals surface area contributed by atoms with Crippen molar-refractivity contribution in [2.24, 2.45) is 0 Å². The van der Waals surface area contributed by atoms with E-state index in [4.69, 9.17) is 4.74 Å². The highest BCUT2D eigenvalue weighted by Crippen LogP contribution is 2.34. The summed E-state index contributed by atoms with van der Waals surface area (Å²) in [6, 6.07) is 2.70. The Kier molecular flexibility index (Phi) is 5.68. The van der Waals surface area contributed by atoms with Crippen molar-refractivity contribution in [2.75, 3.05) is 48.9 Å². The summed E-state index contributed by atoms with van der Waals surface area (Å²) in [6.07, 6.45) is -3.73. The van der Waals surface area contributed by atoms with Crippen molar-refractivity contribution in [1.82, 2.24) is 19.4 Å². The lowest BCUT2D eigenvalue weighted by Gasteiger charge is -2.38. The number of alkyl halides is 3. The summed E-state index contributed by atoms with van der Waals surface area (Å²) < 4.78 is 48.5. The van der Waals surface area contributed by atoms with Crippen LogP contribution in [0.15, 0.2) is 29.2 Å². The van der Waals surface area contributed by atoms with Crippen molar-refractivity contribution in [2.45, 2.75) is 37.3 Å². The second-order valence-corrected chi connectivity index (χ2v) is 8.56. The third-order valence-corrected chi connectivity index (χ3v) is 6.41. The van der Waals surface area contributed by atoms with Crippen molar-refractivity contribution >= 4 is 23.4 Å². The zero-order chi connectivity index (χ0) is 24.0. The van der Waals surface area contributed by atoms with Crippen LogP contribution >= 0.6 is 0 Å². The van der Waals surface area contributed by atoms with Crippen LogP contribution in [-0.2, 0) is 11.3 Å². The second-order valence-electron chi connectivity index (χ2n) is 8.56. The van der Waals surface area contributed by atoms with Crippen LogP contribution in [0.1, 0.15) is 16.8 Å². The van der Waals surface area contributed by atoms with Crippen molar-refractivity contribution in [1.29, 1.82) is 0 Å². The molecule has 2 unspecified atom stereocenters. The van der Waals surface area contributed by atoms with Crippen molar-refractivity contribution < 1.29 is 22.7 Å². The molecular weight excluding hydrogens is 455 g/mol. The summed E-state index contributed by atoms with van der Waals surface area (Å²) in [5.74, 6) is -0.0624. The molecule has 0 spiro atoms. The lowest BCUT2D eigenvalue weighted by Crippen LogP contribution is -2.54. The molecule has 5 heterocycles. The first-order valence-electron chi connectivity index (χ1n) is 11.0. The maximum Gasteiger partial charge on any atom is 0.408 e. The summed E-state index contributed by atoms with van der Waals surface area (Å²) in [6.45, 7) is 1.13. The normalized spacial score (nSPS) is 25.5. The molecule has 2 fully saturated rings. The Balaban J connectivity index is 1.42. The molecule has 2 N–H and O–H groups in total. The standard InChI is InChI=1S/C21H24F3N7O3/c1-25-17-3-2-12(7-26-17)14(32)10-31-16(21(22,23)24)4-5-30-19(33)6-18(28-20(30)31)27-8-15-13-9-29(13)11-34-15/h2-3,6-7,13,15-16,27H,4-5,8-11H2,1H3,(H,25,26)/t13?,15-,16+,29?/m1/s1. The Morgan fingerprint density at radius 2 is 2.12 bits per heavy atom. The maximum absolute atomic E-state index is 13.9. The number of Topliss-reactive ketones (excluding diaryl/α,β-unsaturated/α-hetero) is 1. The SMILES string of the molecule is CNc1ccc(C(=O)CN2c3nc(NC[C@H]4OCN5CC45)cc(=O)n3CC[C@H]2C(F)(F)F)cn1. The van der Waals surface area contributed by atoms with Crippen molar-refractivity contribution in [3.63, 3.8) is 0 Å². The number of nitrogens with one attached hydrogen (secondary N) is 2. The maximum atomic E-state index is 13.9. The Morgan fingerprint density at radius 1 is 1.29 bits per heavy atom. The van der Waals surface area contributed by atoms with Gasteiger partial charge in [-0.3, -0.25) is 19.1 Å². The van der Waals surface area contributed by atoms with Crippen LogP contribution < -0.4 is 21.1 Å². The number of aromatic nitrogens is 3. The van der Waals surface area contributed by atoms with E-state index in [1.165, 1.54) is 22.9 Å². The van der Waals surface area contributed by atoms with Crippen LogP contribution in [-0.4, -0.2) is 83.0 Å². The van der Waals surface area contributed by atoms with Gasteiger partial charge in [0.05, 0.1) is 25.4 Å². The fraction of sp³-hybridized carbons (Fsp3) is 0.524. The fourth-order valence-electron chi connectivity index (χ4n) is 4.43. The van der Waals surface area contributed by atoms with E-state index in [1.54, 1.807) is 13.1 Å². The molecule has 2 aromatic heterocycles. The molecule has 0 saturated carbocycles. The third-order valence-electron chi connectivity index (χ3n) is 6.41. The van der Waals surface area contributed by atoms with Gasteiger partial charge in [0.2, 0.25) is 5.95 Å². The van der Waals surface area contributed by atoms with E-state index >= 15 is 0 Å². The first-order chi connectivity index (χ1) is 16.2. The quantitative estimate of drug-likeness (QED) is 0.447. The Labute approximate surface area is 192 Å². The lowest BCUT2D eigenvalue weighted by atomic mass is 10.1. The molecule has 4 atom stereocenters. The van der Waals surface area contributed by atoms with Crippen LogP contribution in [0.3, 0.4) is 0 Å². The van der Waals surface area contributed by atoms with Gasteiger partial charge in [-0.2, -0.15) is 18.2 Å². The molecule has 0 bridgehead atoms. The Hall–Kier alpha value is -3.19. The van der Waals surface area contributed by atoms with Gasteiger partial charge < -0.3 is 20.3 Å². The number of rotatable bonds is 7. The minimum Gasteiger partial charge on any atom is -0.373 e. The highest BCUT2D eigenvalue weighted by atomic mass is 19.4. The van der Waals surface area contributed by atoms with Crippen LogP contribution in [0.2, 0.25) is 0 Å². The van der Waals surface area contributed by atoms with Gasteiger partial charge in [-0.1, -0.05) is 0 Å². The minimum atomic E-state index is -4.60. The number of halogens is 3. The number of carbonyl (C=O) groups excluding carboxylic acids is 1. The monoisotopic (exact) mass is 479 g/mol. The summed E-state index contributed by atoms with van der Waals surface area (Å²) in [5, 5.41) is 5.84. The summed E-state index contributed by atoms with van der Waals surface area (Å²) in [4.78, 5) is 37.0. The average Bonchev–Trinajstić information content (AvgIpc) is 3.48. The molecule has 0 amide bonds. The molecule has 0 radical (unpaired) electrons. The predicted molar refractivity (Wildman–Crippen MR) is 117 cm³/mol. The van der Waals surface area contributed by atoms with E-state index in [1.807, 2.05) is 0 Å². The smallest absolute Gasteiger partial charge is 0.373 e. The summed E-state index contributed by atoms with van der Waals surface area (Å²) in [5.41, 5.74) is -0.313. The molecule has 10 nitrogen and oxygen atoms in total. The van der Waals surface area contributed by atoms with Crippen LogP contribution in [0.5, 0.6) is 0 Å². The van der Waals surface area contributed by atoms with Gasteiger partial charge in [0, 0.05) is 44.5 Å². The molecule has 0 aromatic carbocycles. The number of hydrogen-bond acceptors (Lipinski definition) is 9. The molecule has 34 heavy (non-hydrogen) atoms. The van der Waals surface area contributed by atoms with E-state index < -0.39 is 30.1 Å². The van der Waals surface area contributed by atoms with Gasteiger partial charge in [0.25, 0.3) is 5.56 Å². The van der Waals surface area contributed by atoms with Gasteiger partial charge in [0.1, 0.15) is 17.7 Å². The molecule has 2 saturated heterocycles. The number of fused-ring (bicyclic) bond motifs is 2. The van der Waals surface area contributed by atoms with Gasteiger partial charge in [0.15, 0.2) is 5.78 Å². The highest BCUT2D eigenvalue weighted by molar-refractivity contribution is 5.99. The summed E-state index contributed by atoms with van der Waals surface area (Å²) >= 11 is 0. The zero-order valence-corrected chi connectivity index (χ0v) is 18.4. The number of hydrogen-bond donors (Lipinski definition) is 2.